The molecule has 4 nitrogen and oxygen atoms in total. The maximum atomic E-state index is 8.33. The Balaban J connectivity index is -0.0000000150. The minimum absolute atomic E-state index is 0. The average molecular weight is 222 g/mol. The maximum Gasteiger partial charge on any atom is 3.00 e. The van der Waals surface area contributed by atoms with E-state index in [4.69, 9.17) is 15.0 Å². The van der Waals surface area contributed by atoms with Gasteiger partial charge < -0.3 is 20.5 Å². The molecule has 0 radical (unpaired) electrons. The van der Waals surface area contributed by atoms with Crippen molar-refractivity contribution in [2.24, 2.45) is 0 Å². The number of carbonyl (C=O) groups is 1. The van der Waals surface area contributed by atoms with Crippen molar-refractivity contribution < 1.29 is 74.9 Å². The fourth-order valence-corrected chi connectivity index (χ4v) is 0. The Labute approximate surface area is 80.4 Å². The number of carbonyl (C=O) groups excluding carboxylic acids is 1. The molecular weight excluding hydrogens is 222 g/mol. The van der Waals surface area contributed by atoms with Gasteiger partial charge in [-0.3, -0.25) is 0 Å². The molecule has 6 heteroatoms. The van der Waals surface area contributed by atoms with Crippen LogP contribution in [0.15, 0.2) is 0 Å². The van der Waals surface area contributed by atoms with Crippen LogP contribution in [0, 0.1) is 35.6 Å². The van der Waals surface area contributed by atoms with Crippen molar-refractivity contribution in [2.75, 3.05) is 0 Å². The molecule has 0 saturated heterocycles. The molecule has 0 rings (SSSR count). The second-order valence-electron chi connectivity index (χ2n) is 0.250. The number of hydrogen-bond acceptors (Lipinski definition) is 3. The molecule has 32 valence electrons. The van der Waals surface area contributed by atoms with Gasteiger partial charge in [0.2, 0.25) is 0 Å². The first-order valence-corrected chi connectivity index (χ1v) is 0.612. The third-order valence-corrected chi connectivity index (χ3v) is 0. The summed E-state index contributed by atoms with van der Waals surface area (Å²) >= 11 is 0. The quantitative estimate of drug-likeness (QED) is 0.382. The van der Waals surface area contributed by atoms with E-state index in [1.54, 1.807) is 0 Å². The van der Waals surface area contributed by atoms with Gasteiger partial charge in [-0.15, -0.1) is 0 Å². The van der Waals surface area contributed by atoms with Crippen LogP contribution in [0.3, 0.4) is 0 Å². The van der Waals surface area contributed by atoms with E-state index < -0.39 is 6.16 Å². The first-order valence-electron chi connectivity index (χ1n) is 0.612. The maximum absolute atomic E-state index is 8.33. The smallest absolute Gasteiger partial charge is 2.00 e. The molecule has 0 N–H and O–H groups in total. The molecule has 0 saturated carbocycles. The van der Waals surface area contributed by atoms with Gasteiger partial charge in [-0.05, 0) is 6.16 Å². The van der Waals surface area contributed by atoms with Crippen molar-refractivity contribution in [3.05, 3.63) is 0 Å². The van der Waals surface area contributed by atoms with Crippen LogP contribution < -0.4 is 29.1 Å². The summed E-state index contributed by atoms with van der Waals surface area (Å²) in [5.41, 5.74) is 0. The SMILES string of the molecule is O=C([O-])[O-].[La+3].[Li+].[O-2]. The van der Waals surface area contributed by atoms with Crippen molar-refractivity contribution in [3.63, 3.8) is 0 Å². The summed E-state index contributed by atoms with van der Waals surface area (Å²) in [5, 5.41) is 16.7. The molecule has 0 bridgehead atoms. The van der Waals surface area contributed by atoms with Gasteiger partial charge >= 0.3 is 54.5 Å². The second kappa shape index (κ2) is 15.7. The fourth-order valence-electron chi connectivity index (χ4n) is 0. The molecule has 0 aliphatic rings. The summed E-state index contributed by atoms with van der Waals surface area (Å²) < 4.78 is 0. The van der Waals surface area contributed by atoms with E-state index in [9.17, 15) is 0 Å². The van der Waals surface area contributed by atoms with E-state index in [2.05, 4.69) is 0 Å². The van der Waals surface area contributed by atoms with Gasteiger partial charge in [-0.1, -0.05) is 0 Å². The van der Waals surface area contributed by atoms with Gasteiger partial charge in [0.1, 0.15) is 0 Å². The second-order valence-corrected chi connectivity index (χ2v) is 0.250. The molecule has 0 fully saturated rings. The number of hydrogen-bond donors (Lipinski definition) is 0. The molecule has 0 unspecified atom stereocenters. The van der Waals surface area contributed by atoms with E-state index >= 15 is 0 Å². The zero-order valence-electron chi connectivity index (χ0n) is 3.71. The Morgan fingerprint density at radius 2 is 1.29 bits per heavy atom. The van der Waals surface area contributed by atoms with Gasteiger partial charge in [0, 0.05) is 0 Å². The molecule has 0 aromatic heterocycles. The molecular formula is CLaLiO4. The Kier molecular flexibility index (Phi) is 55.0. The van der Waals surface area contributed by atoms with Crippen molar-refractivity contribution in [3.8, 4) is 0 Å². The summed E-state index contributed by atoms with van der Waals surface area (Å²) in [6, 6.07) is 0. The van der Waals surface area contributed by atoms with Crippen molar-refractivity contribution in [1.82, 2.24) is 0 Å². The summed E-state index contributed by atoms with van der Waals surface area (Å²) in [7, 11) is 0. The van der Waals surface area contributed by atoms with Gasteiger partial charge in [0.25, 0.3) is 0 Å². The molecule has 0 amide bonds. The van der Waals surface area contributed by atoms with Crippen LogP contribution in [-0.4, -0.2) is 6.16 Å². The van der Waals surface area contributed by atoms with Crippen LogP contribution >= 0.6 is 0 Å². The Morgan fingerprint density at radius 3 is 1.29 bits per heavy atom. The first-order chi connectivity index (χ1) is 1.73. The van der Waals surface area contributed by atoms with E-state index in [1.165, 1.54) is 0 Å². The van der Waals surface area contributed by atoms with Crippen LogP contribution in [0.25, 0.3) is 0 Å². The van der Waals surface area contributed by atoms with Crippen LogP contribution in [0.1, 0.15) is 0 Å². The van der Waals surface area contributed by atoms with Crippen LogP contribution in [0.5, 0.6) is 0 Å². The third kappa shape index (κ3) is 170. The number of rotatable bonds is 0. The molecule has 0 aliphatic heterocycles. The zero-order chi connectivity index (χ0) is 3.58. The average Bonchev–Trinajstić information content (AvgIpc) is 0.811. The third-order valence-electron chi connectivity index (χ3n) is 0. The zero-order valence-corrected chi connectivity index (χ0v) is 7.34. The van der Waals surface area contributed by atoms with Gasteiger partial charge in [0.15, 0.2) is 0 Å². The molecule has 0 atom stereocenters. The number of carboxylic acid groups (broad SMARTS) is 2. The van der Waals surface area contributed by atoms with Gasteiger partial charge in [-0.2, -0.15) is 0 Å². The largest absolute Gasteiger partial charge is 3.00 e. The van der Waals surface area contributed by atoms with Crippen molar-refractivity contribution in [1.29, 1.82) is 0 Å². The summed E-state index contributed by atoms with van der Waals surface area (Å²) in [6.07, 6.45) is -2.33. The molecule has 0 aliphatic carbocycles. The minimum Gasteiger partial charge on any atom is -2.00 e. The monoisotopic (exact) mass is 222 g/mol. The molecule has 0 heterocycles. The Hall–Kier alpha value is 1.02. The summed E-state index contributed by atoms with van der Waals surface area (Å²) in [4.78, 5) is 8.33. The topological polar surface area (TPSA) is 91.7 Å². The summed E-state index contributed by atoms with van der Waals surface area (Å²) in [6.45, 7) is 0. The minimum atomic E-state index is -2.33. The van der Waals surface area contributed by atoms with E-state index in [-0.39, 0.29) is 59.9 Å². The molecule has 0 spiro atoms. The molecule has 7 heavy (non-hydrogen) atoms. The van der Waals surface area contributed by atoms with E-state index in [0.29, 0.717) is 0 Å². The van der Waals surface area contributed by atoms with Gasteiger partial charge in [-0.25, -0.2) is 0 Å². The Bertz CT molecular complexity index is 34.7. The molecule has 0 aromatic rings. The van der Waals surface area contributed by atoms with Crippen LogP contribution in [-0.2, 0) is 5.48 Å². The predicted molar refractivity (Wildman–Crippen MR) is 6.08 cm³/mol. The van der Waals surface area contributed by atoms with E-state index in [0.717, 1.165) is 0 Å². The summed E-state index contributed by atoms with van der Waals surface area (Å²) in [5.74, 6) is 0. The Morgan fingerprint density at radius 1 is 1.29 bits per heavy atom. The van der Waals surface area contributed by atoms with Crippen molar-refractivity contribution >= 4 is 6.16 Å². The van der Waals surface area contributed by atoms with Gasteiger partial charge in [0.05, 0.1) is 0 Å². The van der Waals surface area contributed by atoms with Crippen LogP contribution in [0.2, 0.25) is 0 Å². The normalized spacial score (nSPS) is 3.43. The standard InChI is InChI=1S/CH2O3.La.Li.O/c2-1(3)4;;;/h(H2,2,3,4);;;/q;+3;+1;-2/p-2. The fraction of sp³-hybridized carbons (Fsp3) is 0. The van der Waals surface area contributed by atoms with E-state index in [1.807, 2.05) is 0 Å². The first kappa shape index (κ1) is 24.5. The molecule has 0 aromatic carbocycles. The van der Waals surface area contributed by atoms with Crippen molar-refractivity contribution in [2.45, 2.75) is 0 Å². The predicted octanol–water partition coefficient (Wildman–Crippen LogP) is -5.56. The van der Waals surface area contributed by atoms with Crippen LogP contribution in [0.4, 0.5) is 4.79 Å².